The fourth-order valence-electron chi connectivity index (χ4n) is 9.58. The van der Waals surface area contributed by atoms with E-state index in [1.54, 1.807) is 0 Å². The molecule has 0 aromatic heterocycles. The number of carbonyl (C=O) groups is 2. The second kappa shape index (κ2) is 55.5. The van der Waals surface area contributed by atoms with Crippen LogP contribution in [0.15, 0.2) is 0 Å². The summed E-state index contributed by atoms with van der Waals surface area (Å²) in [6, 6.07) is -0.546. The third kappa shape index (κ3) is 52.1. The van der Waals surface area contributed by atoms with Crippen molar-refractivity contribution >= 4 is 11.9 Å². The summed E-state index contributed by atoms with van der Waals surface area (Å²) in [6.45, 7) is 4.97. The molecular weight excluding hydrogens is 803 g/mol. The first-order valence-corrected chi connectivity index (χ1v) is 29.8. The van der Waals surface area contributed by atoms with E-state index in [-0.39, 0.29) is 18.5 Å². The average molecular weight is 921 g/mol. The summed E-state index contributed by atoms with van der Waals surface area (Å²) < 4.78 is 5.46. The van der Waals surface area contributed by atoms with Crippen LogP contribution in [0.4, 0.5) is 0 Å². The Hall–Kier alpha value is -1.14. The Bertz CT molecular complexity index is 928. The van der Waals surface area contributed by atoms with Gasteiger partial charge in [-0.2, -0.15) is 0 Å². The molecule has 0 aliphatic heterocycles. The number of hydrogen-bond acceptors (Lipinski definition) is 5. The fourth-order valence-corrected chi connectivity index (χ4v) is 9.58. The Morgan fingerprint density at radius 1 is 0.369 bits per heavy atom. The minimum absolute atomic E-state index is 0.00410. The molecule has 0 saturated carbocycles. The van der Waals surface area contributed by atoms with Gasteiger partial charge in [0.2, 0.25) is 5.91 Å². The van der Waals surface area contributed by atoms with E-state index in [1.807, 2.05) is 0 Å². The quantitative estimate of drug-likeness (QED) is 0.0417. The summed E-state index contributed by atoms with van der Waals surface area (Å²) in [5, 5.41) is 23.4. The monoisotopic (exact) mass is 920 g/mol. The van der Waals surface area contributed by atoms with Crippen LogP contribution >= 0.6 is 0 Å². The molecule has 2 atom stereocenters. The Labute approximate surface area is 406 Å². The third-order valence-electron chi connectivity index (χ3n) is 14.2. The largest absolute Gasteiger partial charge is 0.466 e. The van der Waals surface area contributed by atoms with Crippen LogP contribution in [-0.2, 0) is 14.3 Å². The summed E-state index contributed by atoms with van der Waals surface area (Å²) in [4.78, 5) is 24.5. The molecule has 65 heavy (non-hydrogen) atoms. The van der Waals surface area contributed by atoms with Crippen molar-refractivity contribution in [2.75, 3.05) is 13.2 Å². The summed E-state index contributed by atoms with van der Waals surface area (Å²) in [7, 11) is 0. The van der Waals surface area contributed by atoms with Crippen molar-refractivity contribution in [3.05, 3.63) is 0 Å². The van der Waals surface area contributed by atoms with Gasteiger partial charge in [0.1, 0.15) is 0 Å². The van der Waals surface area contributed by atoms with E-state index in [2.05, 4.69) is 19.2 Å². The standard InChI is InChI=1S/C59H117NO5/c1-3-5-7-9-11-13-15-16-17-18-19-20-21-22-25-28-32-35-39-43-47-51-57(62)56(55-61)60-58(63)52-48-44-40-36-33-29-26-23-24-27-30-34-38-42-46-50-54-65-59(64)53-49-45-41-37-31-14-12-10-8-6-4-2/h56-57,61-62H,3-55H2,1-2H3,(H,60,63). The van der Waals surface area contributed by atoms with Crippen LogP contribution in [0.3, 0.4) is 0 Å². The van der Waals surface area contributed by atoms with Crippen LogP contribution in [0, 0.1) is 0 Å². The highest BCUT2D eigenvalue weighted by Gasteiger charge is 2.20. The molecule has 0 aliphatic carbocycles. The van der Waals surface area contributed by atoms with Crippen LogP contribution in [0.5, 0.6) is 0 Å². The first-order chi connectivity index (χ1) is 32.0. The molecule has 0 aromatic carbocycles. The van der Waals surface area contributed by atoms with E-state index in [9.17, 15) is 19.8 Å². The zero-order valence-corrected chi connectivity index (χ0v) is 44.3. The van der Waals surface area contributed by atoms with E-state index >= 15 is 0 Å². The molecular formula is C59H117NO5. The van der Waals surface area contributed by atoms with E-state index < -0.39 is 12.1 Å². The zero-order valence-electron chi connectivity index (χ0n) is 44.3. The van der Waals surface area contributed by atoms with Crippen molar-refractivity contribution in [1.82, 2.24) is 5.32 Å². The molecule has 3 N–H and O–H groups in total. The first-order valence-electron chi connectivity index (χ1n) is 29.8. The van der Waals surface area contributed by atoms with Crippen molar-refractivity contribution in [1.29, 1.82) is 0 Å². The van der Waals surface area contributed by atoms with Gasteiger partial charge in [-0.3, -0.25) is 9.59 Å². The number of hydrogen-bond donors (Lipinski definition) is 3. The van der Waals surface area contributed by atoms with E-state index in [0.29, 0.717) is 25.9 Å². The molecule has 6 nitrogen and oxygen atoms in total. The highest BCUT2D eigenvalue weighted by molar-refractivity contribution is 5.76. The molecule has 6 heteroatoms. The molecule has 0 aliphatic rings. The summed E-state index contributed by atoms with van der Waals surface area (Å²) in [5.41, 5.74) is 0. The van der Waals surface area contributed by atoms with Crippen LogP contribution in [0.25, 0.3) is 0 Å². The molecule has 2 unspecified atom stereocenters. The number of unbranched alkanes of at least 4 members (excludes halogenated alkanes) is 45. The molecule has 0 radical (unpaired) electrons. The van der Waals surface area contributed by atoms with Crippen molar-refractivity contribution in [2.45, 2.75) is 353 Å². The zero-order chi connectivity index (χ0) is 47.2. The maximum absolute atomic E-state index is 12.5. The Morgan fingerprint density at radius 3 is 0.938 bits per heavy atom. The van der Waals surface area contributed by atoms with Crippen LogP contribution in [0.2, 0.25) is 0 Å². The van der Waals surface area contributed by atoms with Gasteiger partial charge in [0.15, 0.2) is 0 Å². The predicted octanol–water partition coefficient (Wildman–Crippen LogP) is 18.3. The van der Waals surface area contributed by atoms with Gasteiger partial charge in [0, 0.05) is 12.8 Å². The number of amides is 1. The summed E-state index contributed by atoms with van der Waals surface area (Å²) in [5.74, 6) is -0.0333. The molecule has 0 fully saturated rings. The van der Waals surface area contributed by atoms with Gasteiger partial charge in [0.05, 0.1) is 25.4 Å². The lowest BCUT2D eigenvalue weighted by molar-refractivity contribution is -0.143. The van der Waals surface area contributed by atoms with Crippen LogP contribution in [-0.4, -0.2) is 47.4 Å². The lowest BCUT2D eigenvalue weighted by atomic mass is 10.0. The Morgan fingerprint density at radius 2 is 0.631 bits per heavy atom. The van der Waals surface area contributed by atoms with Gasteiger partial charge < -0.3 is 20.3 Å². The van der Waals surface area contributed by atoms with Crippen LogP contribution in [0.1, 0.15) is 341 Å². The SMILES string of the molecule is CCCCCCCCCCCCCCCCCCCCCCCC(O)C(CO)NC(=O)CCCCCCCCCCCCCCCCCCOC(=O)CCCCCCCCCCCCC. The smallest absolute Gasteiger partial charge is 0.305 e. The highest BCUT2D eigenvalue weighted by Crippen LogP contribution is 2.18. The summed E-state index contributed by atoms with van der Waals surface area (Å²) in [6.07, 6.45) is 63.8. The van der Waals surface area contributed by atoms with Gasteiger partial charge in [0.25, 0.3) is 0 Å². The maximum Gasteiger partial charge on any atom is 0.305 e. The van der Waals surface area contributed by atoms with Crippen molar-refractivity contribution in [2.24, 2.45) is 0 Å². The van der Waals surface area contributed by atoms with Gasteiger partial charge in [-0.25, -0.2) is 0 Å². The molecule has 0 rings (SSSR count). The maximum atomic E-state index is 12.5. The van der Waals surface area contributed by atoms with E-state index in [4.69, 9.17) is 4.74 Å². The Balaban J connectivity index is 3.42. The predicted molar refractivity (Wildman–Crippen MR) is 283 cm³/mol. The van der Waals surface area contributed by atoms with Gasteiger partial charge in [-0.1, -0.05) is 303 Å². The lowest BCUT2D eigenvalue weighted by Gasteiger charge is -2.22. The molecule has 0 spiro atoms. The third-order valence-corrected chi connectivity index (χ3v) is 14.2. The highest BCUT2D eigenvalue weighted by atomic mass is 16.5. The lowest BCUT2D eigenvalue weighted by Crippen LogP contribution is -2.45. The number of esters is 1. The minimum atomic E-state index is -0.668. The molecule has 0 bridgehead atoms. The van der Waals surface area contributed by atoms with Crippen molar-refractivity contribution in [3.63, 3.8) is 0 Å². The number of carbonyl (C=O) groups excluding carboxylic acids is 2. The number of nitrogens with one attached hydrogen (secondary N) is 1. The van der Waals surface area contributed by atoms with Crippen molar-refractivity contribution < 1.29 is 24.5 Å². The number of ether oxygens (including phenoxy) is 1. The molecule has 388 valence electrons. The molecule has 1 amide bonds. The van der Waals surface area contributed by atoms with Crippen LogP contribution < -0.4 is 5.32 Å². The topological polar surface area (TPSA) is 95.9 Å². The fraction of sp³-hybridized carbons (Fsp3) is 0.966. The molecule has 0 saturated heterocycles. The van der Waals surface area contributed by atoms with Gasteiger partial charge >= 0.3 is 5.97 Å². The van der Waals surface area contributed by atoms with Gasteiger partial charge in [-0.05, 0) is 25.7 Å². The second-order valence-electron chi connectivity index (χ2n) is 20.7. The number of rotatable bonds is 56. The number of aliphatic hydroxyl groups excluding tert-OH is 2. The molecule has 0 heterocycles. The minimum Gasteiger partial charge on any atom is -0.466 e. The second-order valence-corrected chi connectivity index (χ2v) is 20.7. The van der Waals surface area contributed by atoms with Crippen molar-refractivity contribution in [3.8, 4) is 0 Å². The normalized spacial score (nSPS) is 12.5. The molecule has 0 aromatic rings. The average Bonchev–Trinajstić information content (AvgIpc) is 3.31. The Kier molecular flexibility index (Phi) is 54.5. The summed E-state index contributed by atoms with van der Waals surface area (Å²) >= 11 is 0. The van der Waals surface area contributed by atoms with E-state index in [0.717, 1.165) is 44.9 Å². The number of aliphatic hydroxyl groups is 2. The van der Waals surface area contributed by atoms with E-state index in [1.165, 1.54) is 263 Å². The first kappa shape index (κ1) is 63.9. The van der Waals surface area contributed by atoms with Gasteiger partial charge in [-0.15, -0.1) is 0 Å².